The summed E-state index contributed by atoms with van der Waals surface area (Å²) in [5.41, 5.74) is -0.576. The van der Waals surface area contributed by atoms with E-state index in [1.165, 1.54) is 0 Å². The normalized spacial score (nSPS) is 12.9. The monoisotopic (exact) mass is 135 g/mol. The molecular weight excluding hydrogens is 125 g/mol. The first-order valence-corrected chi connectivity index (χ1v) is 3.20. The van der Waals surface area contributed by atoms with E-state index in [-0.39, 0.29) is 8.96 Å². The van der Waals surface area contributed by atoms with Crippen molar-refractivity contribution in [2.75, 3.05) is 0 Å². The standard InChI is InChI=1S/C4H10NO2P/c1-4(2,3-6)5-8-7/h3,5,7-8H,1-2H3. The molecule has 0 rings (SSSR count). The van der Waals surface area contributed by atoms with Gasteiger partial charge in [0.05, 0.1) is 14.5 Å². The molecule has 0 saturated carbocycles. The molecular formula is C4H10NO2P. The molecule has 0 saturated heterocycles. The van der Waals surface area contributed by atoms with Crippen molar-refractivity contribution in [3.63, 3.8) is 0 Å². The third-order valence-electron chi connectivity index (χ3n) is 0.673. The molecule has 0 radical (unpaired) electrons. The molecule has 0 aliphatic carbocycles. The van der Waals surface area contributed by atoms with Crippen LogP contribution < -0.4 is 5.09 Å². The van der Waals surface area contributed by atoms with Crippen LogP contribution in [0.4, 0.5) is 0 Å². The highest BCUT2D eigenvalue weighted by Gasteiger charge is 2.13. The van der Waals surface area contributed by atoms with E-state index in [4.69, 9.17) is 4.89 Å². The zero-order valence-corrected chi connectivity index (χ0v) is 5.93. The summed E-state index contributed by atoms with van der Waals surface area (Å²) in [6.07, 6.45) is 0.760. The van der Waals surface area contributed by atoms with E-state index in [0.717, 1.165) is 6.29 Å². The Labute approximate surface area is 50.4 Å². The maximum atomic E-state index is 10.0. The Balaban J connectivity index is 3.53. The summed E-state index contributed by atoms with van der Waals surface area (Å²) in [5, 5.41) is 2.59. The summed E-state index contributed by atoms with van der Waals surface area (Å²) in [4.78, 5) is 18.3. The van der Waals surface area contributed by atoms with Crippen LogP contribution in [0.2, 0.25) is 0 Å². The minimum Gasteiger partial charge on any atom is -0.361 e. The Morgan fingerprint density at radius 2 is 2.25 bits per heavy atom. The van der Waals surface area contributed by atoms with E-state index in [1.54, 1.807) is 13.8 Å². The van der Waals surface area contributed by atoms with Crippen molar-refractivity contribution in [2.24, 2.45) is 0 Å². The number of nitrogens with one attached hydrogen (secondary N) is 1. The van der Waals surface area contributed by atoms with Gasteiger partial charge in [0.1, 0.15) is 6.29 Å². The van der Waals surface area contributed by atoms with Gasteiger partial charge in [-0.3, -0.25) is 5.09 Å². The predicted molar refractivity (Wildman–Crippen MR) is 33.8 cm³/mol. The van der Waals surface area contributed by atoms with Crippen LogP contribution in [0.5, 0.6) is 0 Å². The van der Waals surface area contributed by atoms with Crippen LogP contribution in [0.25, 0.3) is 0 Å². The molecule has 0 aromatic rings. The Bertz CT molecular complexity index is 84.1. The van der Waals surface area contributed by atoms with Crippen LogP contribution in [0, 0.1) is 0 Å². The molecule has 3 nitrogen and oxygen atoms in total. The number of carbonyl (C=O) groups excluding carboxylic acids is 1. The molecule has 0 fully saturated rings. The second-order valence-electron chi connectivity index (χ2n) is 2.08. The third-order valence-corrected chi connectivity index (χ3v) is 1.43. The second-order valence-corrected chi connectivity index (χ2v) is 2.55. The van der Waals surface area contributed by atoms with Gasteiger partial charge in [-0.15, -0.1) is 0 Å². The molecule has 0 amide bonds. The van der Waals surface area contributed by atoms with E-state index < -0.39 is 5.54 Å². The van der Waals surface area contributed by atoms with Crippen LogP contribution in [-0.2, 0) is 4.79 Å². The van der Waals surface area contributed by atoms with E-state index in [0.29, 0.717) is 0 Å². The molecule has 8 heavy (non-hydrogen) atoms. The fourth-order valence-electron chi connectivity index (χ4n) is 0.174. The summed E-state index contributed by atoms with van der Waals surface area (Å²) < 4.78 is 0. The van der Waals surface area contributed by atoms with Gasteiger partial charge in [-0.2, -0.15) is 0 Å². The minimum absolute atomic E-state index is 0.365. The second kappa shape index (κ2) is 3.13. The molecule has 1 unspecified atom stereocenters. The molecule has 48 valence electrons. The SMILES string of the molecule is CC(C)(C=O)NPO. The summed E-state index contributed by atoms with van der Waals surface area (Å²) >= 11 is 0. The average Bonchev–Trinajstić information content (AvgIpc) is 1.67. The van der Waals surface area contributed by atoms with Crippen molar-refractivity contribution in [2.45, 2.75) is 19.4 Å². The van der Waals surface area contributed by atoms with Crippen molar-refractivity contribution in [3.8, 4) is 0 Å². The molecule has 0 spiro atoms. The average molecular weight is 135 g/mol. The van der Waals surface area contributed by atoms with E-state index in [9.17, 15) is 4.79 Å². The maximum Gasteiger partial charge on any atom is 0.139 e. The Morgan fingerprint density at radius 3 is 2.38 bits per heavy atom. The van der Waals surface area contributed by atoms with Gasteiger partial charge >= 0.3 is 0 Å². The van der Waals surface area contributed by atoms with Crippen LogP contribution in [0.15, 0.2) is 0 Å². The molecule has 0 bridgehead atoms. The fourth-order valence-corrected chi connectivity index (χ4v) is 0.521. The van der Waals surface area contributed by atoms with Crippen LogP contribution in [0.1, 0.15) is 13.8 Å². The smallest absolute Gasteiger partial charge is 0.139 e. The fraction of sp³-hybridized carbons (Fsp3) is 0.750. The van der Waals surface area contributed by atoms with Gasteiger partial charge in [-0.1, -0.05) is 0 Å². The molecule has 0 aliphatic rings. The quantitative estimate of drug-likeness (QED) is 0.424. The van der Waals surface area contributed by atoms with Crippen LogP contribution >= 0.6 is 8.96 Å². The molecule has 0 aromatic heterocycles. The first-order valence-electron chi connectivity index (χ1n) is 2.25. The van der Waals surface area contributed by atoms with E-state index in [1.807, 2.05) is 0 Å². The van der Waals surface area contributed by atoms with Crippen molar-refractivity contribution in [3.05, 3.63) is 0 Å². The number of aldehydes is 1. The summed E-state index contributed by atoms with van der Waals surface area (Å²) in [6.45, 7) is 3.40. The summed E-state index contributed by atoms with van der Waals surface area (Å²) in [7, 11) is -0.365. The lowest BCUT2D eigenvalue weighted by Crippen LogP contribution is -2.34. The topological polar surface area (TPSA) is 49.3 Å². The molecule has 0 aliphatic heterocycles. The van der Waals surface area contributed by atoms with Gasteiger partial charge in [-0.05, 0) is 13.8 Å². The van der Waals surface area contributed by atoms with Gasteiger partial charge in [0, 0.05) is 0 Å². The van der Waals surface area contributed by atoms with Gasteiger partial charge in [0.2, 0.25) is 0 Å². The highest BCUT2D eigenvalue weighted by Crippen LogP contribution is 2.04. The lowest BCUT2D eigenvalue weighted by atomic mass is 10.1. The van der Waals surface area contributed by atoms with Gasteiger partial charge < -0.3 is 9.69 Å². The van der Waals surface area contributed by atoms with Gasteiger partial charge in [0.15, 0.2) is 0 Å². The van der Waals surface area contributed by atoms with E-state index >= 15 is 0 Å². The minimum atomic E-state index is -0.576. The van der Waals surface area contributed by atoms with Crippen LogP contribution in [0.3, 0.4) is 0 Å². The number of hydrogen-bond donors (Lipinski definition) is 2. The van der Waals surface area contributed by atoms with Crippen molar-refractivity contribution in [1.29, 1.82) is 0 Å². The number of hydrogen-bond acceptors (Lipinski definition) is 3. The molecule has 0 aromatic carbocycles. The Kier molecular flexibility index (Phi) is 3.13. The largest absolute Gasteiger partial charge is 0.361 e. The molecule has 4 heteroatoms. The highest BCUT2D eigenvalue weighted by atomic mass is 31.1. The Morgan fingerprint density at radius 1 is 1.75 bits per heavy atom. The lowest BCUT2D eigenvalue weighted by molar-refractivity contribution is -0.111. The predicted octanol–water partition coefficient (Wildman–Crippen LogP) is 0.0543. The highest BCUT2D eigenvalue weighted by molar-refractivity contribution is 7.28. The van der Waals surface area contributed by atoms with Crippen LogP contribution in [-0.4, -0.2) is 16.7 Å². The Hall–Kier alpha value is 0.0200. The number of carbonyl (C=O) groups is 1. The maximum absolute atomic E-state index is 10.0. The first-order chi connectivity index (χ1) is 3.62. The van der Waals surface area contributed by atoms with Crippen molar-refractivity contribution >= 4 is 15.2 Å². The molecule has 0 heterocycles. The zero-order chi connectivity index (χ0) is 6.62. The van der Waals surface area contributed by atoms with Crippen molar-refractivity contribution < 1.29 is 9.69 Å². The molecule has 1 atom stereocenters. The van der Waals surface area contributed by atoms with Gasteiger partial charge in [-0.25, -0.2) is 0 Å². The summed E-state index contributed by atoms with van der Waals surface area (Å²) in [5.74, 6) is 0. The zero-order valence-electron chi connectivity index (χ0n) is 4.93. The molecule has 2 N–H and O–H groups in total. The van der Waals surface area contributed by atoms with E-state index in [2.05, 4.69) is 5.09 Å². The summed E-state index contributed by atoms with van der Waals surface area (Å²) in [6, 6.07) is 0. The lowest BCUT2D eigenvalue weighted by Gasteiger charge is -2.15. The van der Waals surface area contributed by atoms with Crippen molar-refractivity contribution in [1.82, 2.24) is 5.09 Å². The number of rotatable bonds is 3. The third kappa shape index (κ3) is 3.08. The first kappa shape index (κ1) is 8.02. The van der Waals surface area contributed by atoms with Gasteiger partial charge in [0.25, 0.3) is 0 Å².